The van der Waals surface area contributed by atoms with Gasteiger partial charge in [0.2, 0.25) is 0 Å². The molecule has 1 amide bonds. The van der Waals surface area contributed by atoms with Crippen LogP contribution in [0.5, 0.6) is 5.75 Å². The molecular formula is C21H30N2O3. The van der Waals surface area contributed by atoms with Gasteiger partial charge in [-0.1, -0.05) is 18.6 Å². The number of hydrogen-bond acceptors (Lipinski definition) is 4. The first-order chi connectivity index (χ1) is 12.7. The molecule has 3 atom stereocenters. The van der Waals surface area contributed by atoms with E-state index < -0.39 is 6.10 Å². The number of aliphatic hydroxyl groups excluding tert-OH is 1. The molecule has 142 valence electrons. The number of aliphatic hydroxyl groups is 1. The summed E-state index contributed by atoms with van der Waals surface area (Å²) in [6, 6.07) is 5.89. The number of hydrogen-bond donors (Lipinski definition) is 2. The van der Waals surface area contributed by atoms with E-state index in [0.717, 1.165) is 62.9 Å². The van der Waals surface area contributed by atoms with Crippen molar-refractivity contribution in [1.29, 1.82) is 0 Å². The van der Waals surface area contributed by atoms with Gasteiger partial charge in [0.25, 0.3) is 5.91 Å². The van der Waals surface area contributed by atoms with Crippen LogP contribution in [0.2, 0.25) is 0 Å². The number of amides is 1. The Hall–Kier alpha value is -1.59. The lowest BCUT2D eigenvalue weighted by molar-refractivity contribution is 0.00635. The molecular weight excluding hydrogens is 328 g/mol. The van der Waals surface area contributed by atoms with Crippen LogP contribution in [0.25, 0.3) is 0 Å². The summed E-state index contributed by atoms with van der Waals surface area (Å²) in [4.78, 5) is 15.1. The van der Waals surface area contributed by atoms with Gasteiger partial charge in [0.05, 0.1) is 11.7 Å². The summed E-state index contributed by atoms with van der Waals surface area (Å²) in [6.07, 6.45) is 6.67. The van der Waals surface area contributed by atoms with Crippen LogP contribution < -0.4 is 10.1 Å². The van der Waals surface area contributed by atoms with Crippen LogP contribution in [0, 0.1) is 5.92 Å². The lowest BCUT2D eigenvalue weighted by Crippen LogP contribution is -2.35. The van der Waals surface area contributed by atoms with Crippen molar-refractivity contribution in [2.45, 2.75) is 63.7 Å². The van der Waals surface area contributed by atoms with Crippen LogP contribution in [-0.2, 0) is 6.54 Å². The van der Waals surface area contributed by atoms with Gasteiger partial charge in [0.1, 0.15) is 11.9 Å². The van der Waals surface area contributed by atoms with Gasteiger partial charge >= 0.3 is 0 Å². The first-order valence-corrected chi connectivity index (χ1v) is 10.2. The second-order valence-corrected chi connectivity index (χ2v) is 8.03. The third-order valence-electron chi connectivity index (χ3n) is 6.09. The van der Waals surface area contributed by atoms with E-state index in [4.69, 9.17) is 4.74 Å². The molecule has 0 radical (unpaired) electrons. The second kappa shape index (κ2) is 7.97. The molecule has 1 saturated heterocycles. The predicted octanol–water partition coefficient (Wildman–Crippen LogP) is 2.71. The maximum atomic E-state index is 13.1. The van der Waals surface area contributed by atoms with Crippen molar-refractivity contribution in [2.24, 2.45) is 5.92 Å². The molecule has 5 heteroatoms. The number of benzene rings is 1. The standard InChI is InChI=1S/C21H30N2O3/c24-17-7-1-2-8-18(17)26-19-9-3-6-16-14-23(21(25)20(16)19)13-15-5-4-11-22-12-10-15/h3,6,9,15,17-18,22,24H,1-2,4-5,7-8,10-14H2/t15?,17-,18?/m0/s1. The third kappa shape index (κ3) is 3.74. The van der Waals surface area contributed by atoms with Crippen molar-refractivity contribution in [3.8, 4) is 5.75 Å². The van der Waals surface area contributed by atoms with E-state index in [0.29, 0.717) is 18.2 Å². The molecule has 4 rings (SSSR count). The summed E-state index contributed by atoms with van der Waals surface area (Å²) in [7, 11) is 0. The van der Waals surface area contributed by atoms with Crippen LogP contribution in [0.3, 0.4) is 0 Å². The normalized spacial score (nSPS) is 29.3. The first kappa shape index (κ1) is 17.8. The molecule has 1 saturated carbocycles. The van der Waals surface area contributed by atoms with E-state index in [-0.39, 0.29) is 12.0 Å². The lowest BCUT2D eigenvalue weighted by Gasteiger charge is -2.28. The number of carbonyl (C=O) groups is 1. The summed E-state index contributed by atoms with van der Waals surface area (Å²) >= 11 is 0. The van der Waals surface area contributed by atoms with E-state index in [1.54, 1.807) is 0 Å². The minimum atomic E-state index is -0.425. The van der Waals surface area contributed by atoms with Crippen LogP contribution in [0.15, 0.2) is 18.2 Å². The summed E-state index contributed by atoms with van der Waals surface area (Å²) in [5.41, 5.74) is 1.78. The number of carbonyl (C=O) groups excluding carboxylic acids is 1. The van der Waals surface area contributed by atoms with Crippen molar-refractivity contribution >= 4 is 5.91 Å². The zero-order chi connectivity index (χ0) is 17.9. The molecule has 1 aromatic carbocycles. The Morgan fingerprint density at radius 1 is 1.12 bits per heavy atom. The second-order valence-electron chi connectivity index (χ2n) is 8.03. The van der Waals surface area contributed by atoms with Gasteiger partial charge in [-0.3, -0.25) is 4.79 Å². The van der Waals surface area contributed by atoms with Crippen molar-refractivity contribution in [3.63, 3.8) is 0 Å². The Kier molecular flexibility index (Phi) is 5.46. The maximum Gasteiger partial charge on any atom is 0.258 e. The summed E-state index contributed by atoms with van der Waals surface area (Å²) in [6.45, 7) is 3.66. The zero-order valence-electron chi connectivity index (χ0n) is 15.5. The highest BCUT2D eigenvalue weighted by Crippen LogP contribution is 2.34. The number of nitrogens with one attached hydrogen (secondary N) is 1. The highest BCUT2D eigenvalue weighted by molar-refractivity contribution is 6.01. The average molecular weight is 358 g/mol. The van der Waals surface area contributed by atoms with Gasteiger partial charge < -0.3 is 20.1 Å². The number of fused-ring (bicyclic) bond motifs is 1. The third-order valence-corrected chi connectivity index (χ3v) is 6.09. The first-order valence-electron chi connectivity index (χ1n) is 10.2. The average Bonchev–Trinajstić information content (AvgIpc) is 2.81. The van der Waals surface area contributed by atoms with Crippen LogP contribution >= 0.6 is 0 Å². The van der Waals surface area contributed by atoms with Crippen LogP contribution in [-0.4, -0.2) is 47.8 Å². The fraction of sp³-hybridized carbons (Fsp3) is 0.667. The summed E-state index contributed by atoms with van der Waals surface area (Å²) in [5, 5.41) is 13.7. The quantitative estimate of drug-likeness (QED) is 0.869. The van der Waals surface area contributed by atoms with Crippen molar-refractivity contribution in [3.05, 3.63) is 29.3 Å². The number of ether oxygens (including phenoxy) is 1. The summed E-state index contributed by atoms with van der Waals surface area (Å²) in [5.74, 6) is 1.33. The molecule has 0 aromatic heterocycles. The fourth-order valence-corrected chi connectivity index (χ4v) is 4.60. The number of nitrogens with zero attached hydrogens (tertiary/aromatic N) is 1. The Balaban J connectivity index is 1.47. The fourth-order valence-electron chi connectivity index (χ4n) is 4.60. The largest absolute Gasteiger partial charge is 0.487 e. The highest BCUT2D eigenvalue weighted by Gasteiger charge is 2.34. The Labute approximate surface area is 155 Å². The van der Waals surface area contributed by atoms with Gasteiger partial charge in [0, 0.05) is 13.1 Å². The maximum absolute atomic E-state index is 13.1. The van der Waals surface area contributed by atoms with Gasteiger partial charge in [-0.2, -0.15) is 0 Å². The van der Waals surface area contributed by atoms with Crippen LogP contribution in [0.1, 0.15) is 60.9 Å². The minimum Gasteiger partial charge on any atom is -0.487 e. The monoisotopic (exact) mass is 358 g/mol. The molecule has 2 N–H and O–H groups in total. The molecule has 2 unspecified atom stereocenters. The molecule has 5 nitrogen and oxygen atoms in total. The molecule has 0 bridgehead atoms. The van der Waals surface area contributed by atoms with Gasteiger partial charge in [0.15, 0.2) is 0 Å². The highest BCUT2D eigenvalue weighted by atomic mass is 16.5. The van der Waals surface area contributed by atoms with E-state index >= 15 is 0 Å². The topological polar surface area (TPSA) is 61.8 Å². The van der Waals surface area contributed by atoms with E-state index in [9.17, 15) is 9.90 Å². The van der Waals surface area contributed by atoms with E-state index in [2.05, 4.69) is 5.32 Å². The van der Waals surface area contributed by atoms with Gasteiger partial charge in [-0.25, -0.2) is 0 Å². The minimum absolute atomic E-state index is 0.0955. The van der Waals surface area contributed by atoms with E-state index in [1.165, 1.54) is 12.8 Å². The molecule has 1 aromatic rings. The Bertz CT molecular complexity index is 640. The van der Waals surface area contributed by atoms with Crippen LogP contribution in [0.4, 0.5) is 0 Å². The molecule has 26 heavy (non-hydrogen) atoms. The molecule has 3 aliphatic rings. The van der Waals surface area contributed by atoms with Crippen molar-refractivity contribution in [2.75, 3.05) is 19.6 Å². The van der Waals surface area contributed by atoms with Crippen molar-refractivity contribution in [1.82, 2.24) is 10.2 Å². The summed E-state index contributed by atoms with van der Waals surface area (Å²) < 4.78 is 6.13. The molecule has 2 heterocycles. The molecule has 2 fully saturated rings. The number of rotatable bonds is 4. The molecule has 2 aliphatic heterocycles. The zero-order valence-corrected chi connectivity index (χ0v) is 15.5. The van der Waals surface area contributed by atoms with Gasteiger partial charge in [-0.05, 0) is 69.2 Å². The molecule has 1 aliphatic carbocycles. The Morgan fingerprint density at radius 2 is 2.00 bits per heavy atom. The SMILES string of the molecule is O=C1c2c(cccc2OC2CCCC[C@@H]2O)CN1CC1CCCNCC1. The smallest absolute Gasteiger partial charge is 0.258 e. The lowest BCUT2D eigenvalue weighted by atomic mass is 9.94. The van der Waals surface area contributed by atoms with E-state index in [1.807, 2.05) is 23.1 Å². The van der Waals surface area contributed by atoms with Gasteiger partial charge in [-0.15, -0.1) is 0 Å². The predicted molar refractivity (Wildman–Crippen MR) is 100 cm³/mol. The Morgan fingerprint density at radius 3 is 2.88 bits per heavy atom. The van der Waals surface area contributed by atoms with Crippen molar-refractivity contribution < 1.29 is 14.6 Å². The molecule has 0 spiro atoms.